The van der Waals surface area contributed by atoms with Crippen LogP contribution in [0.1, 0.15) is 41.5 Å². The molecular weight excluding hydrogens is 210 g/mol. The summed E-state index contributed by atoms with van der Waals surface area (Å²) >= 11 is 0. The van der Waals surface area contributed by atoms with Crippen molar-refractivity contribution in [2.45, 2.75) is 52.6 Å². The molecule has 0 bridgehead atoms. The standard InChI is InChI=1S/C14H31N3/c1-7-15-14(5,6)12-16-8-10-17(11-9-16)13(2,3)4/h15H,7-12H2,1-6H3. The Hall–Kier alpha value is -0.120. The molecule has 0 spiro atoms. The van der Waals surface area contributed by atoms with E-state index in [0.717, 1.165) is 13.1 Å². The summed E-state index contributed by atoms with van der Waals surface area (Å²) in [5.74, 6) is 0. The Morgan fingerprint density at radius 1 is 0.941 bits per heavy atom. The fraction of sp³-hybridized carbons (Fsp3) is 1.00. The third-order valence-electron chi connectivity index (χ3n) is 3.60. The van der Waals surface area contributed by atoms with Gasteiger partial charge in [-0.3, -0.25) is 9.80 Å². The van der Waals surface area contributed by atoms with Gasteiger partial charge in [0.15, 0.2) is 0 Å². The van der Waals surface area contributed by atoms with Crippen LogP contribution in [-0.2, 0) is 0 Å². The normalized spacial score (nSPS) is 20.8. The van der Waals surface area contributed by atoms with Gasteiger partial charge in [-0.2, -0.15) is 0 Å². The lowest BCUT2D eigenvalue weighted by molar-refractivity contribution is 0.0516. The molecule has 0 aliphatic carbocycles. The summed E-state index contributed by atoms with van der Waals surface area (Å²) in [5, 5.41) is 3.56. The van der Waals surface area contributed by atoms with Crippen molar-refractivity contribution in [2.75, 3.05) is 39.3 Å². The van der Waals surface area contributed by atoms with E-state index in [1.54, 1.807) is 0 Å². The van der Waals surface area contributed by atoms with Crippen molar-refractivity contribution >= 4 is 0 Å². The molecule has 1 fully saturated rings. The van der Waals surface area contributed by atoms with Gasteiger partial charge in [0, 0.05) is 43.8 Å². The van der Waals surface area contributed by atoms with Crippen LogP contribution in [0.2, 0.25) is 0 Å². The maximum absolute atomic E-state index is 3.56. The SMILES string of the molecule is CCNC(C)(C)CN1CCN(C(C)(C)C)CC1. The van der Waals surface area contributed by atoms with Crippen LogP contribution in [-0.4, -0.2) is 60.1 Å². The molecule has 102 valence electrons. The minimum Gasteiger partial charge on any atom is -0.311 e. The van der Waals surface area contributed by atoms with E-state index in [9.17, 15) is 0 Å². The topological polar surface area (TPSA) is 18.5 Å². The van der Waals surface area contributed by atoms with E-state index >= 15 is 0 Å². The van der Waals surface area contributed by atoms with Gasteiger partial charge in [0.2, 0.25) is 0 Å². The molecule has 1 aliphatic heterocycles. The van der Waals surface area contributed by atoms with Crippen molar-refractivity contribution in [1.29, 1.82) is 0 Å². The molecule has 0 aromatic heterocycles. The number of piperazine rings is 1. The number of nitrogens with zero attached hydrogens (tertiary/aromatic N) is 2. The predicted octanol–water partition coefficient (Wildman–Crippen LogP) is 1.79. The second kappa shape index (κ2) is 5.68. The first-order valence-corrected chi connectivity index (χ1v) is 6.97. The highest BCUT2D eigenvalue weighted by atomic mass is 15.3. The van der Waals surface area contributed by atoms with Crippen molar-refractivity contribution in [3.63, 3.8) is 0 Å². The summed E-state index contributed by atoms with van der Waals surface area (Å²) in [6.45, 7) is 20.7. The number of likely N-dealkylation sites (N-methyl/N-ethyl adjacent to an activating group) is 1. The minimum absolute atomic E-state index is 0.235. The molecule has 0 radical (unpaired) electrons. The van der Waals surface area contributed by atoms with E-state index in [1.165, 1.54) is 26.2 Å². The Labute approximate surface area is 108 Å². The van der Waals surface area contributed by atoms with Crippen molar-refractivity contribution < 1.29 is 0 Å². The molecule has 1 saturated heterocycles. The summed E-state index contributed by atoms with van der Waals surface area (Å²) in [4.78, 5) is 5.18. The molecule has 0 amide bonds. The maximum atomic E-state index is 3.56. The van der Waals surface area contributed by atoms with E-state index < -0.39 is 0 Å². The lowest BCUT2D eigenvalue weighted by Crippen LogP contribution is -2.57. The van der Waals surface area contributed by atoms with E-state index in [-0.39, 0.29) is 5.54 Å². The molecule has 3 nitrogen and oxygen atoms in total. The van der Waals surface area contributed by atoms with Crippen molar-refractivity contribution in [3.05, 3.63) is 0 Å². The highest BCUT2D eigenvalue weighted by molar-refractivity contribution is 4.86. The number of hydrogen-bond acceptors (Lipinski definition) is 3. The van der Waals surface area contributed by atoms with Gasteiger partial charge in [0.05, 0.1) is 0 Å². The summed E-state index contributed by atoms with van der Waals surface area (Å²) < 4.78 is 0. The zero-order chi connectivity index (χ0) is 13.1. The molecular formula is C14H31N3. The molecule has 0 aromatic rings. The minimum atomic E-state index is 0.235. The molecule has 3 heteroatoms. The Bertz CT molecular complexity index is 222. The molecule has 1 aliphatic rings. The van der Waals surface area contributed by atoms with Gasteiger partial charge < -0.3 is 5.32 Å². The number of rotatable bonds is 4. The van der Waals surface area contributed by atoms with Gasteiger partial charge in [-0.05, 0) is 41.2 Å². The lowest BCUT2D eigenvalue weighted by atomic mass is 10.0. The van der Waals surface area contributed by atoms with Crippen LogP contribution in [0.5, 0.6) is 0 Å². The highest BCUT2D eigenvalue weighted by Crippen LogP contribution is 2.17. The van der Waals surface area contributed by atoms with E-state index in [2.05, 4.69) is 56.7 Å². The van der Waals surface area contributed by atoms with Crippen LogP contribution in [0.15, 0.2) is 0 Å². The average Bonchev–Trinajstić information content (AvgIpc) is 2.16. The van der Waals surface area contributed by atoms with Gasteiger partial charge in [-0.15, -0.1) is 0 Å². The first kappa shape index (κ1) is 14.9. The Balaban J connectivity index is 2.37. The average molecular weight is 241 g/mol. The summed E-state index contributed by atoms with van der Waals surface area (Å²) in [5.41, 5.74) is 0.557. The van der Waals surface area contributed by atoms with E-state index in [0.29, 0.717) is 5.54 Å². The highest BCUT2D eigenvalue weighted by Gasteiger charge is 2.28. The molecule has 0 saturated carbocycles. The van der Waals surface area contributed by atoms with Gasteiger partial charge in [-0.25, -0.2) is 0 Å². The predicted molar refractivity (Wildman–Crippen MR) is 75.5 cm³/mol. The molecule has 0 atom stereocenters. The Morgan fingerprint density at radius 3 is 1.88 bits per heavy atom. The quantitative estimate of drug-likeness (QED) is 0.809. The second-order valence-electron chi connectivity index (χ2n) is 6.85. The Morgan fingerprint density at radius 2 is 1.47 bits per heavy atom. The van der Waals surface area contributed by atoms with Gasteiger partial charge in [0.1, 0.15) is 0 Å². The zero-order valence-electron chi connectivity index (χ0n) is 12.6. The number of hydrogen-bond donors (Lipinski definition) is 1. The molecule has 1 heterocycles. The van der Waals surface area contributed by atoms with Crippen LogP contribution in [0.4, 0.5) is 0 Å². The van der Waals surface area contributed by atoms with Crippen molar-refractivity contribution in [2.24, 2.45) is 0 Å². The summed E-state index contributed by atoms with van der Waals surface area (Å²) in [7, 11) is 0. The Kier molecular flexibility index (Phi) is 4.99. The monoisotopic (exact) mass is 241 g/mol. The third kappa shape index (κ3) is 4.94. The van der Waals surface area contributed by atoms with Crippen LogP contribution in [0, 0.1) is 0 Å². The van der Waals surface area contributed by atoms with Crippen LogP contribution >= 0.6 is 0 Å². The molecule has 1 rings (SSSR count). The zero-order valence-corrected chi connectivity index (χ0v) is 12.6. The summed E-state index contributed by atoms with van der Waals surface area (Å²) in [6, 6.07) is 0. The maximum Gasteiger partial charge on any atom is 0.0252 e. The van der Waals surface area contributed by atoms with Gasteiger partial charge >= 0.3 is 0 Å². The van der Waals surface area contributed by atoms with Crippen LogP contribution < -0.4 is 5.32 Å². The molecule has 0 aromatic carbocycles. The fourth-order valence-corrected chi connectivity index (χ4v) is 2.67. The van der Waals surface area contributed by atoms with Crippen LogP contribution in [0.3, 0.4) is 0 Å². The smallest absolute Gasteiger partial charge is 0.0252 e. The molecule has 0 unspecified atom stereocenters. The van der Waals surface area contributed by atoms with E-state index in [1.807, 2.05) is 0 Å². The van der Waals surface area contributed by atoms with Crippen molar-refractivity contribution in [1.82, 2.24) is 15.1 Å². The lowest BCUT2D eigenvalue weighted by Gasteiger charge is -2.44. The molecule has 1 N–H and O–H groups in total. The van der Waals surface area contributed by atoms with Crippen molar-refractivity contribution in [3.8, 4) is 0 Å². The van der Waals surface area contributed by atoms with Crippen LogP contribution in [0.25, 0.3) is 0 Å². The third-order valence-corrected chi connectivity index (χ3v) is 3.60. The first-order chi connectivity index (χ1) is 7.74. The van der Waals surface area contributed by atoms with Gasteiger partial charge in [-0.1, -0.05) is 6.92 Å². The fourth-order valence-electron chi connectivity index (χ4n) is 2.67. The first-order valence-electron chi connectivity index (χ1n) is 6.97. The van der Waals surface area contributed by atoms with Gasteiger partial charge in [0.25, 0.3) is 0 Å². The number of nitrogens with one attached hydrogen (secondary N) is 1. The second-order valence-corrected chi connectivity index (χ2v) is 6.85. The molecule has 17 heavy (non-hydrogen) atoms. The summed E-state index contributed by atoms with van der Waals surface area (Å²) in [6.07, 6.45) is 0. The van der Waals surface area contributed by atoms with E-state index in [4.69, 9.17) is 0 Å². The largest absolute Gasteiger partial charge is 0.311 e.